The molecule has 1 amide bonds. The van der Waals surface area contributed by atoms with Gasteiger partial charge in [0.05, 0.1) is 48.3 Å². The fraction of sp³-hybridized carbons (Fsp3) is 0.370. The van der Waals surface area contributed by atoms with E-state index in [9.17, 15) is 4.79 Å². The van der Waals surface area contributed by atoms with E-state index in [-0.39, 0.29) is 19.1 Å². The average Bonchev–Trinajstić information content (AvgIpc) is 3.49. The summed E-state index contributed by atoms with van der Waals surface area (Å²) in [4.78, 5) is 24.2. The predicted octanol–water partition coefficient (Wildman–Crippen LogP) is 4.75. The maximum Gasteiger partial charge on any atom is 0.416 e. The number of rotatable bonds is 1. The molecule has 0 spiro atoms. The molecule has 0 bridgehead atoms. The average molecular weight is 519 g/mol. The van der Waals surface area contributed by atoms with E-state index in [1.807, 2.05) is 13.8 Å². The monoisotopic (exact) mass is 518 g/mol. The summed E-state index contributed by atoms with van der Waals surface area (Å²) in [7, 11) is 0. The van der Waals surface area contributed by atoms with Gasteiger partial charge in [0.25, 0.3) is 0 Å². The van der Waals surface area contributed by atoms with Crippen molar-refractivity contribution in [1.29, 1.82) is 0 Å². The smallest absolute Gasteiger partial charge is 0.416 e. The summed E-state index contributed by atoms with van der Waals surface area (Å²) >= 11 is 0. The number of anilines is 1. The fourth-order valence-corrected chi connectivity index (χ4v) is 5.01. The van der Waals surface area contributed by atoms with Crippen LogP contribution in [0.3, 0.4) is 0 Å². The van der Waals surface area contributed by atoms with Crippen molar-refractivity contribution in [3.05, 3.63) is 59.1 Å². The molecule has 2 aliphatic rings. The quantitative estimate of drug-likeness (QED) is 0.356. The van der Waals surface area contributed by atoms with Crippen LogP contribution in [0, 0.1) is 19.7 Å². The molecule has 38 heavy (non-hydrogen) atoms. The van der Waals surface area contributed by atoms with Crippen molar-refractivity contribution in [3.8, 4) is 22.8 Å². The van der Waals surface area contributed by atoms with Gasteiger partial charge in [-0.15, -0.1) is 10.2 Å². The standard InChI is InChI=1S/C27H27FN6O4/c1-14-9-29-23(15(2)31-14)17-8-21-25(34-13-30-32-24(17)34)33(26(35)38-27(3,4)5)10-18-19(28)6-7-20-22(18)16(11-36-20)12-37-21/h6-9,13,16H,10-12H2,1-5H3/t16-/m1/s1. The molecule has 1 atom stereocenters. The first-order valence-electron chi connectivity index (χ1n) is 12.4. The van der Waals surface area contributed by atoms with Crippen molar-refractivity contribution >= 4 is 17.6 Å². The van der Waals surface area contributed by atoms with Crippen LogP contribution in [0.2, 0.25) is 0 Å². The molecule has 0 radical (unpaired) electrons. The van der Waals surface area contributed by atoms with Crippen LogP contribution in [-0.2, 0) is 11.3 Å². The molecule has 4 aromatic rings. The largest absolute Gasteiger partial charge is 0.493 e. The molecule has 3 aromatic heterocycles. The Kier molecular flexibility index (Phi) is 5.48. The Morgan fingerprint density at radius 1 is 1.16 bits per heavy atom. The van der Waals surface area contributed by atoms with Crippen LogP contribution in [0.25, 0.3) is 16.9 Å². The number of aryl methyl sites for hydroxylation is 2. The Balaban J connectivity index is 1.61. The number of carbonyl (C=O) groups excluding carboxylic acids is 1. The van der Waals surface area contributed by atoms with Gasteiger partial charge in [-0.25, -0.2) is 9.18 Å². The lowest BCUT2D eigenvalue weighted by Gasteiger charge is -2.29. The van der Waals surface area contributed by atoms with E-state index in [0.29, 0.717) is 57.6 Å². The fourth-order valence-electron chi connectivity index (χ4n) is 5.01. The summed E-state index contributed by atoms with van der Waals surface area (Å²) in [5.41, 5.74) is 3.47. The van der Waals surface area contributed by atoms with E-state index in [2.05, 4.69) is 20.2 Å². The highest BCUT2D eigenvalue weighted by atomic mass is 19.1. The van der Waals surface area contributed by atoms with E-state index < -0.39 is 17.5 Å². The molecule has 0 saturated carbocycles. The molecule has 196 valence electrons. The SMILES string of the molecule is Cc1cnc(-c2cc3c(n4cnnc24)N(C(=O)OC(C)(C)C)Cc2c(F)ccc4c2[C@H](CO4)CO3)c(C)n1. The molecule has 1 aromatic carbocycles. The summed E-state index contributed by atoms with van der Waals surface area (Å²) in [5, 5.41) is 8.46. The number of hydrogen-bond donors (Lipinski definition) is 0. The maximum atomic E-state index is 15.3. The normalized spacial score (nSPS) is 16.6. The number of carbonyl (C=O) groups is 1. The summed E-state index contributed by atoms with van der Waals surface area (Å²) in [6.45, 7) is 9.53. The van der Waals surface area contributed by atoms with E-state index in [1.165, 1.54) is 17.3 Å². The first-order valence-corrected chi connectivity index (χ1v) is 12.4. The highest BCUT2D eigenvalue weighted by molar-refractivity contribution is 5.92. The number of fused-ring (bicyclic) bond motifs is 3. The van der Waals surface area contributed by atoms with Crippen LogP contribution in [0.15, 0.2) is 30.7 Å². The third-order valence-electron chi connectivity index (χ3n) is 6.57. The second-order valence-electron chi connectivity index (χ2n) is 10.5. The number of benzene rings is 1. The number of halogens is 1. The number of hydrogen-bond acceptors (Lipinski definition) is 8. The first-order chi connectivity index (χ1) is 18.1. The maximum absolute atomic E-state index is 15.3. The van der Waals surface area contributed by atoms with Crippen LogP contribution in [0.1, 0.15) is 49.2 Å². The van der Waals surface area contributed by atoms with Crippen LogP contribution in [0.4, 0.5) is 15.0 Å². The molecular weight excluding hydrogens is 491 g/mol. The van der Waals surface area contributed by atoms with Crippen LogP contribution < -0.4 is 14.4 Å². The van der Waals surface area contributed by atoms with Gasteiger partial charge in [-0.1, -0.05) is 0 Å². The number of aromatic nitrogens is 5. The second-order valence-corrected chi connectivity index (χ2v) is 10.5. The molecule has 2 aliphatic heterocycles. The lowest BCUT2D eigenvalue weighted by Crippen LogP contribution is -2.38. The Labute approximate surface area is 218 Å². The van der Waals surface area contributed by atoms with Crippen LogP contribution in [-0.4, -0.2) is 49.5 Å². The Morgan fingerprint density at radius 2 is 1.92 bits per heavy atom. The van der Waals surface area contributed by atoms with Crippen molar-refractivity contribution in [1.82, 2.24) is 24.6 Å². The van der Waals surface area contributed by atoms with Gasteiger partial charge < -0.3 is 14.2 Å². The molecule has 11 heteroatoms. The lowest BCUT2D eigenvalue weighted by atomic mass is 9.95. The van der Waals surface area contributed by atoms with Gasteiger partial charge in [0.1, 0.15) is 23.5 Å². The summed E-state index contributed by atoms with van der Waals surface area (Å²) < 4.78 is 35.0. The minimum Gasteiger partial charge on any atom is -0.493 e. The first kappa shape index (κ1) is 24.1. The molecule has 5 heterocycles. The molecular formula is C27H27FN6O4. The molecule has 0 N–H and O–H groups in total. The number of pyridine rings is 1. The number of nitrogens with zero attached hydrogens (tertiary/aromatic N) is 6. The highest BCUT2D eigenvalue weighted by Gasteiger charge is 2.37. The van der Waals surface area contributed by atoms with Crippen molar-refractivity contribution in [2.75, 3.05) is 18.1 Å². The van der Waals surface area contributed by atoms with E-state index in [1.54, 1.807) is 43.5 Å². The number of ether oxygens (including phenoxy) is 3. The summed E-state index contributed by atoms with van der Waals surface area (Å²) in [5.74, 6) is 0.646. The zero-order chi connectivity index (χ0) is 26.8. The molecule has 6 rings (SSSR count). The highest BCUT2D eigenvalue weighted by Crippen LogP contribution is 2.44. The topological polar surface area (TPSA) is 104 Å². The molecule has 10 nitrogen and oxygen atoms in total. The molecule has 0 aliphatic carbocycles. The van der Waals surface area contributed by atoms with Crippen LogP contribution >= 0.6 is 0 Å². The molecule has 0 saturated heterocycles. The van der Waals surface area contributed by atoms with Gasteiger partial charge in [0.15, 0.2) is 17.2 Å². The van der Waals surface area contributed by atoms with Crippen molar-refractivity contribution in [3.63, 3.8) is 0 Å². The third kappa shape index (κ3) is 3.98. The van der Waals surface area contributed by atoms with E-state index in [0.717, 1.165) is 5.69 Å². The summed E-state index contributed by atoms with van der Waals surface area (Å²) in [6, 6.07) is 4.76. The van der Waals surface area contributed by atoms with Gasteiger partial charge in [-0.2, -0.15) is 0 Å². The Morgan fingerprint density at radius 3 is 2.66 bits per heavy atom. The van der Waals surface area contributed by atoms with E-state index >= 15 is 4.39 Å². The molecule has 0 fully saturated rings. The van der Waals surface area contributed by atoms with Gasteiger partial charge in [-0.05, 0) is 52.8 Å². The summed E-state index contributed by atoms with van der Waals surface area (Å²) in [6.07, 6.45) is 2.51. The number of amides is 1. The van der Waals surface area contributed by atoms with Crippen molar-refractivity contribution in [2.24, 2.45) is 0 Å². The third-order valence-corrected chi connectivity index (χ3v) is 6.57. The van der Waals surface area contributed by atoms with Crippen LogP contribution in [0.5, 0.6) is 11.5 Å². The minimum absolute atomic E-state index is 0.101. The minimum atomic E-state index is -0.791. The zero-order valence-electron chi connectivity index (χ0n) is 21.8. The molecule has 0 unspecified atom stereocenters. The zero-order valence-corrected chi connectivity index (χ0v) is 21.8. The van der Waals surface area contributed by atoms with Crippen molar-refractivity contribution in [2.45, 2.75) is 52.7 Å². The van der Waals surface area contributed by atoms with Gasteiger partial charge >= 0.3 is 6.09 Å². The van der Waals surface area contributed by atoms with Gasteiger partial charge in [0, 0.05) is 17.3 Å². The second kappa shape index (κ2) is 8.64. The Bertz CT molecular complexity index is 1590. The lowest BCUT2D eigenvalue weighted by molar-refractivity contribution is 0.0574. The van der Waals surface area contributed by atoms with Crippen molar-refractivity contribution < 1.29 is 23.4 Å². The van der Waals surface area contributed by atoms with Gasteiger partial charge in [0.2, 0.25) is 0 Å². The van der Waals surface area contributed by atoms with Gasteiger partial charge in [-0.3, -0.25) is 19.3 Å². The Hall–Kier alpha value is -4.28. The van der Waals surface area contributed by atoms with E-state index in [4.69, 9.17) is 14.2 Å². The predicted molar refractivity (Wildman–Crippen MR) is 136 cm³/mol.